The second kappa shape index (κ2) is 5.76. The molecule has 1 amide bonds. The van der Waals surface area contributed by atoms with Crippen LogP contribution in [0.2, 0.25) is 0 Å². The highest BCUT2D eigenvalue weighted by atomic mass is 16.5. The van der Waals surface area contributed by atoms with Crippen LogP contribution < -0.4 is 10.2 Å². The predicted octanol–water partition coefficient (Wildman–Crippen LogP) is 1.43. The van der Waals surface area contributed by atoms with Crippen LogP contribution in [0, 0.1) is 0 Å². The van der Waals surface area contributed by atoms with Crippen molar-refractivity contribution in [2.45, 2.75) is 31.2 Å². The Balaban J connectivity index is 1.77. The Morgan fingerprint density at radius 2 is 2.05 bits per heavy atom. The lowest BCUT2D eigenvalue weighted by Crippen LogP contribution is -2.42. The molecule has 1 aliphatic heterocycles. The number of fused-ring (bicyclic) bond motifs is 1. The van der Waals surface area contributed by atoms with E-state index in [-0.39, 0.29) is 17.8 Å². The number of carbonyl (C=O) groups is 2. The fraction of sp³-hybridized carbons (Fsp3) is 0.500. The van der Waals surface area contributed by atoms with Crippen molar-refractivity contribution in [1.29, 1.82) is 0 Å². The van der Waals surface area contributed by atoms with Gasteiger partial charge in [-0.25, -0.2) is 0 Å². The fourth-order valence-electron chi connectivity index (χ4n) is 2.86. The Bertz CT molecular complexity index is 554. The molecule has 5 nitrogen and oxygen atoms in total. The number of hydrogen-bond donors (Lipinski definition) is 1. The number of para-hydroxylation sites is 1. The zero-order valence-corrected chi connectivity index (χ0v) is 12.2. The van der Waals surface area contributed by atoms with Gasteiger partial charge in [0, 0.05) is 18.3 Å². The number of hydrogen-bond acceptors (Lipinski definition) is 4. The number of benzene rings is 1. The monoisotopic (exact) mass is 288 g/mol. The van der Waals surface area contributed by atoms with Crippen LogP contribution in [0.15, 0.2) is 24.3 Å². The van der Waals surface area contributed by atoms with Crippen LogP contribution in [0.4, 0.5) is 5.69 Å². The number of amides is 1. The van der Waals surface area contributed by atoms with Gasteiger partial charge >= 0.3 is 5.97 Å². The summed E-state index contributed by atoms with van der Waals surface area (Å²) >= 11 is 0. The third kappa shape index (κ3) is 3.01. The summed E-state index contributed by atoms with van der Waals surface area (Å²) in [5, 5.41) is 3.00. The van der Waals surface area contributed by atoms with E-state index in [9.17, 15) is 9.59 Å². The van der Waals surface area contributed by atoms with Gasteiger partial charge in [0.1, 0.15) is 0 Å². The lowest BCUT2D eigenvalue weighted by molar-refractivity contribution is -0.142. The Kier molecular flexibility index (Phi) is 3.82. The van der Waals surface area contributed by atoms with Crippen LogP contribution >= 0.6 is 0 Å². The molecule has 0 unspecified atom stereocenters. The van der Waals surface area contributed by atoms with Gasteiger partial charge in [0.15, 0.2) is 0 Å². The van der Waals surface area contributed by atoms with Gasteiger partial charge in [-0.3, -0.25) is 9.59 Å². The first kappa shape index (κ1) is 13.9. The fourth-order valence-corrected chi connectivity index (χ4v) is 2.86. The van der Waals surface area contributed by atoms with Gasteiger partial charge in [0.25, 0.3) is 0 Å². The molecule has 1 aromatic rings. The first-order valence-electron chi connectivity index (χ1n) is 7.40. The molecule has 1 atom stereocenters. The summed E-state index contributed by atoms with van der Waals surface area (Å²) < 4.78 is 4.89. The van der Waals surface area contributed by atoms with Crippen molar-refractivity contribution in [3.05, 3.63) is 29.8 Å². The molecule has 112 valence electrons. The molecule has 0 radical (unpaired) electrons. The lowest BCUT2D eigenvalue weighted by atomic mass is 9.90. The molecule has 0 saturated heterocycles. The molecular formula is C16H20N2O3. The average molecular weight is 288 g/mol. The molecule has 1 saturated carbocycles. The van der Waals surface area contributed by atoms with E-state index in [2.05, 4.69) is 5.32 Å². The summed E-state index contributed by atoms with van der Waals surface area (Å²) in [5.74, 6) is -0.373. The van der Waals surface area contributed by atoms with Crippen LogP contribution in [-0.4, -0.2) is 38.1 Å². The molecule has 1 N–H and O–H groups in total. The van der Waals surface area contributed by atoms with Gasteiger partial charge in [0.2, 0.25) is 5.91 Å². The molecular weight excluding hydrogens is 268 g/mol. The highest BCUT2D eigenvalue weighted by Gasteiger charge is 2.32. The number of nitrogens with one attached hydrogen (secondary N) is 1. The third-order valence-electron chi connectivity index (χ3n) is 4.10. The smallest absolute Gasteiger partial charge is 0.313 e. The van der Waals surface area contributed by atoms with E-state index in [1.54, 1.807) is 0 Å². The average Bonchev–Trinajstić information content (AvgIpc) is 3.30. The molecule has 3 rings (SSSR count). The molecule has 1 fully saturated rings. The molecule has 5 heteroatoms. The van der Waals surface area contributed by atoms with Gasteiger partial charge < -0.3 is 15.0 Å². The first-order valence-corrected chi connectivity index (χ1v) is 7.40. The van der Waals surface area contributed by atoms with Crippen molar-refractivity contribution in [3.63, 3.8) is 0 Å². The van der Waals surface area contributed by atoms with Crippen LogP contribution in [0.1, 0.15) is 30.7 Å². The van der Waals surface area contributed by atoms with Crippen molar-refractivity contribution in [2.75, 3.05) is 25.1 Å². The SMILES string of the molecule is COC(=O)[C@@H]1CCN(CC(=O)NC2CC2)c2ccccc21. The van der Waals surface area contributed by atoms with Gasteiger partial charge in [0.05, 0.1) is 19.6 Å². The van der Waals surface area contributed by atoms with Gasteiger partial charge in [-0.05, 0) is 30.9 Å². The number of rotatable bonds is 4. The molecule has 0 bridgehead atoms. The van der Waals surface area contributed by atoms with Crippen molar-refractivity contribution >= 4 is 17.6 Å². The highest BCUT2D eigenvalue weighted by molar-refractivity contribution is 5.85. The van der Waals surface area contributed by atoms with E-state index in [0.29, 0.717) is 25.6 Å². The summed E-state index contributed by atoms with van der Waals surface area (Å²) in [4.78, 5) is 25.9. The lowest BCUT2D eigenvalue weighted by Gasteiger charge is -2.34. The minimum atomic E-state index is -0.228. The Morgan fingerprint density at radius 1 is 1.29 bits per heavy atom. The third-order valence-corrected chi connectivity index (χ3v) is 4.10. The first-order chi connectivity index (χ1) is 10.2. The van der Waals surface area contributed by atoms with Crippen LogP contribution in [-0.2, 0) is 14.3 Å². The van der Waals surface area contributed by atoms with Crippen molar-refractivity contribution in [1.82, 2.24) is 5.32 Å². The van der Waals surface area contributed by atoms with Crippen LogP contribution in [0.5, 0.6) is 0 Å². The topological polar surface area (TPSA) is 58.6 Å². The molecule has 1 heterocycles. The molecule has 1 aromatic carbocycles. The second-order valence-corrected chi connectivity index (χ2v) is 5.69. The second-order valence-electron chi connectivity index (χ2n) is 5.69. The Hall–Kier alpha value is -2.04. The normalized spacial score (nSPS) is 20.6. The Morgan fingerprint density at radius 3 is 2.76 bits per heavy atom. The van der Waals surface area contributed by atoms with Crippen molar-refractivity contribution in [2.24, 2.45) is 0 Å². The van der Waals surface area contributed by atoms with Gasteiger partial charge in [-0.1, -0.05) is 18.2 Å². The van der Waals surface area contributed by atoms with Crippen molar-refractivity contribution < 1.29 is 14.3 Å². The van der Waals surface area contributed by atoms with Crippen LogP contribution in [0.25, 0.3) is 0 Å². The number of methoxy groups -OCH3 is 1. The van der Waals surface area contributed by atoms with Crippen LogP contribution in [0.3, 0.4) is 0 Å². The maximum absolute atomic E-state index is 12.0. The number of nitrogens with zero attached hydrogens (tertiary/aromatic N) is 1. The number of ether oxygens (including phenoxy) is 1. The molecule has 21 heavy (non-hydrogen) atoms. The summed E-state index contributed by atoms with van der Waals surface area (Å²) in [7, 11) is 1.42. The maximum Gasteiger partial charge on any atom is 0.313 e. The summed E-state index contributed by atoms with van der Waals surface area (Å²) in [6, 6.07) is 8.14. The largest absolute Gasteiger partial charge is 0.469 e. The summed E-state index contributed by atoms with van der Waals surface area (Å²) in [5.41, 5.74) is 1.92. The summed E-state index contributed by atoms with van der Waals surface area (Å²) in [6.45, 7) is 1.04. The van der Waals surface area contributed by atoms with Gasteiger partial charge in [-0.2, -0.15) is 0 Å². The van der Waals surface area contributed by atoms with E-state index in [0.717, 1.165) is 24.1 Å². The number of anilines is 1. The highest BCUT2D eigenvalue weighted by Crippen LogP contribution is 2.35. The van der Waals surface area contributed by atoms with E-state index in [1.165, 1.54) is 7.11 Å². The molecule has 2 aliphatic rings. The molecule has 0 spiro atoms. The van der Waals surface area contributed by atoms with E-state index >= 15 is 0 Å². The van der Waals surface area contributed by atoms with Gasteiger partial charge in [-0.15, -0.1) is 0 Å². The maximum atomic E-state index is 12.0. The minimum Gasteiger partial charge on any atom is -0.469 e. The standard InChI is InChI=1S/C16H20N2O3/c1-21-16(20)13-8-9-18(10-15(19)17-11-6-7-11)14-5-3-2-4-12(13)14/h2-5,11,13H,6-10H2,1H3,(H,17,19)/t13-/m1/s1. The van der Waals surface area contributed by atoms with Crippen molar-refractivity contribution in [3.8, 4) is 0 Å². The quantitative estimate of drug-likeness (QED) is 0.852. The Labute approximate surface area is 124 Å². The predicted molar refractivity (Wildman–Crippen MR) is 79.2 cm³/mol. The minimum absolute atomic E-state index is 0.0591. The number of esters is 1. The summed E-state index contributed by atoms with van der Waals surface area (Å²) in [6.07, 6.45) is 2.86. The number of carbonyl (C=O) groups excluding carboxylic acids is 2. The van der Waals surface area contributed by atoms with E-state index in [1.807, 2.05) is 29.2 Å². The molecule has 0 aromatic heterocycles. The zero-order chi connectivity index (χ0) is 14.8. The van der Waals surface area contributed by atoms with E-state index in [4.69, 9.17) is 4.74 Å². The molecule has 1 aliphatic carbocycles. The zero-order valence-electron chi connectivity index (χ0n) is 12.2. The van der Waals surface area contributed by atoms with E-state index < -0.39 is 0 Å².